The number of aliphatic hydroxyl groups is 1. The Morgan fingerprint density at radius 2 is 1.52 bits per heavy atom. The van der Waals surface area contributed by atoms with E-state index in [2.05, 4.69) is 63.3 Å². The van der Waals surface area contributed by atoms with Crippen molar-refractivity contribution in [3.63, 3.8) is 0 Å². The second-order valence-corrected chi connectivity index (χ2v) is 12.8. The van der Waals surface area contributed by atoms with Crippen molar-refractivity contribution in [2.24, 2.45) is 0 Å². The fourth-order valence-corrected chi connectivity index (χ4v) is 6.65. The zero-order valence-corrected chi connectivity index (χ0v) is 23.6. The van der Waals surface area contributed by atoms with Gasteiger partial charge in [0, 0.05) is 44.4 Å². The number of benzene rings is 3. The molecule has 0 radical (unpaired) electrons. The first-order valence-electron chi connectivity index (χ1n) is 13.9. The predicted molar refractivity (Wildman–Crippen MR) is 157 cm³/mol. The lowest BCUT2D eigenvalue weighted by molar-refractivity contribution is 0.0403. The van der Waals surface area contributed by atoms with Gasteiger partial charge < -0.3 is 9.84 Å². The molecule has 1 aromatic heterocycles. The van der Waals surface area contributed by atoms with Crippen LogP contribution in [0.25, 0.3) is 10.9 Å². The molecule has 1 N–H and O–H groups in total. The van der Waals surface area contributed by atoms with Crippen LogP contribution in [0.5, 0.6) is 5.75 Å². The van der Waals surface area contributed by atoms with Gasteiger partial charge in [0.15, 0.2) is 14.9 Å². The topological polar surface area (TPSA) is 83.0 Å². The van der Waals surface area contributed by atoms with E-state index in [1.165, 1.54) is 28.3 Å². The van der Waals surface area contributed by atoms with Crippen molar-refractivity contribution in [2.45, 2.75) is 30.0 Å². The number of β-amino-alcohol motifs (C(OH)–C–C–N with tert-alkyl or cyclic N) is 1. The van der Waals surface area contributed by atoms with Crippen molar-refractivity contribution in [3.8, 4) is 5.75 Å². The number of ether oxygens (including phenoxy) is 1. The van der Waals surface area contributed by atoms with E-state index in [0.29, 0.717) is 17.8 Å². The summed E-state index contributed by atoms with van der Waals surface area (Å²) in [4.78, 5) is 9.17. The number of aromatic nitrogens is 1. The number of hydrogen-bond donors (Lipinski definition) is 1. The van der Waals surface area contributed by atoms with Crippen LogP contribution in [0, 0.1) is 0 Å². The molecule has 4 aromatic rings. The number of aliphatic hydroxyl groups excluding tert-OH is 1. The molecule has 2 heterocycles. The Morgan fingerprint density at radius 3 is 2.17 bits per heavy atom. The van der Waals surface area contributed by atoms with E-state index in [1.54, 1.807) is 18.2 Å². The van der Waals surface area contributed by atoms with Crippen molar-refractivity contribution >= 4 is 20.7 Å². The van der Waals surface area contributed by atoms with Gasteiger partial charge in [-0.05, 0) is 59.4 Å². The van der Waals surface area contributed by atoms with Crippen LogP contribution in [0.4, 0.5) is 0 Å². The highest BCUT2D eigenvalue weighted by Gasteiger charge is 2.31. The first kappa shape index (κ1) is 26.9. The van der Waals surface area contributed by atoms with Crippen LogP contribution in [0.1, 0.15) is 28.3 Å². The molecule has 1 atom stereocenters. The van der Waals surface area contributed by atoms with Gasteiger partial charge in [-0.25, -0.2) is 13.4 Å². The predicted octanol–water partition coefficient (Wildman–Crippen LogP) is 3.88. The van der Waals surface area contributed by atoms with Crippen molar-refractivity contribution in [3.05, 3.63) is 101 Å². The second kappa shape index (κ2) is 11.3. The van der Waals surface area contributed by atoms with Crippen LogP contribution in [0.2, 0.25) is 0 Å². The van der Waals surface area contributed by atoms with Crippen LogP contribution in [0.15, 0.2) is 83.9 Å². The van der Waals surface area contributed by atoms with E-state index in [4.69, 9.17) is 4.74 Å². The number of pyridine rings is 1. The van der Waals surface area contributed by atoms with E-state index in [-0.39, 0.29) is 17.7 Å². The summed E-state index contributed by atoms with van der Waals surface area (Å²) >= 11 is 0. The van der Waals surface area contributed by atoms with Crippen molar-refractivity contribution in [2.75, 3.05) is 45.6 Å². The molecule has 208 valence electrons. The fraction of sp³-hybridized carbons (Fsp3) is 0.344. The van der Waals surface area contributed by atoms with Crippen molar-refractivity contribution in [1.82, 2.24) is 14.8 Å². The lowest BCUT2D eigenvalue weighted by Crippen LogP contribution is -2.50. The van der Waals surface area contributed by atoms with E-state index in [0.717, 1.165) is 50.7 Å². The molecule has 1 saturated heterocycles. The molecule has 1 aliphatic heterocycles. The summed E-state index contributed by atoms with van der Waals surface area (Å²) < 4.78 is 29.7. The van der Waals surface area contributed by atoms with Crippen LogP contribution >= 0.6 is 0 Å². The Balaban J connectivity index is 1.09. The zero-order valence-electron chi connectivity index (χ0n) is 22.7. The second-order valence-electron chi connectivity index (χ2n) is 10.8. The molecule has 1 unspecified atom stereocenters. The highest BCUT2D eigenvalue weighted by Crippen LogP contribution is 2.37. The molecular weight excluding hydrogens is 522 g/mol. The minimum absolute atomic E-state index is 0.0344. The molecule has 0 bridgehead atoms. The summed E-state index contributed by atoms with van der Waals surface area (Å²) in [5.41, 5.74) is 6.27. The van der Waals surface area contributed by atoms with Crippen LogP contribution < -0.4 is 4.74 Å². The Hall–Kier alpha value is -3.30. The zero-order chi connectivity index (χ0) is 27.7. The van der Waals surface area contributed by atoms with Gasteiger partial charge in [0.1, 0.15) is 18.5 Å². The van der Waals surface area contributed by atoms with Gasteiger partial charge in [0.25, 0.3) is 0 Å². The quantitative estimate of drug-likeness (QED) is 0.369. The number of aryl methyl sites for hydroxylation is 2. The van der Waals surface area contributed by atoms with E-state index >= 15 is 0 Å². The largest absolute Gasteiger partial charge is 0.490 e. The maximum atomic E-state index is 11.9. The van der Waals surface area contributed by atoms with Gasteiger partial charge in [0.2, 0.25) is 0 Å². The standard InChI is InChI=1S/C32H35N3O4S/c1-40(37,38)31-16-15-28-29(33-31)11-6-12-30(28)39-22-25(36)21-34-17-19-35(20-18-34)32-26-9-4-2-7-23(26)13-14-24-8-3-5-10-27(24)32/h2-12,15-16,25,32,36H,13-14,17-22H2,1H3. The lowest BCUT2D eigenvalue weighted by Gasteiger charge is -2.40. The van der Waals surface area contributed by atoms with Crippen molar-refractivity contribution < 1.29 is 18.3 Å². The summed E-state index contributed by atoms with van der Waals surface area (Å²) in [5, 5.41) is 11.6. The summed E-state index contributed by atoms with van der Waals surface area (Å²) in [7, 11) is -3.39. The van der Waals surface area contributed by atoms with Crippen LogP contribution in [-0.2, 0) is 22.7 Å². The maximum absolute atomic E-state index is 11.9. The third-order valence-electron chi connectivity index (χ3n) is 8.08. The average molecular weight is 558 g/mol. The first-order chi connectivity index (χ1) is 19.4. The monoisotopic (exact) mass is 557 g/mol. The third-order valence-corrected chi connectivity index (χ3v) is 9.07. The van der Waals surface area contributed by atoms with Gasteiger partial charge >= 0.3 is 0 Å². The minimum atomic E-state index is -3.39. The third kappa shape index (κ3) is 5.63. The summed E-state index contributed by atoms with van der Waals surface area (Å²) in [6, 6.07) is 26.6. The van der Waals surface area contributed by atoms with Crippen LogP contribution in [0.3, 0.4) is 0 Å². The highest BCUT2D eigenvalue weighted by molar-refractivity contribution is 7.90. The summed E-state index contributed by atoms with van der Waals surface area (Å²) in [6.45, 7) is 4.30. The molecule has 6 rings (SSSR count). The molecule has 2 aliphatic rings. The van der Waals surface area contributed by atoms with E-state index in [1.807, 2.05) is 6.07 Å². The SMILES string of the molecule is CS(=O)(=O)c1ccc2c(OCC(O)CN3CCN(C4c5ccccc5CCc5ccccc54)CC3)cccc2n1. The first-order valence-corrected chi connectivity index (χ1v) is 15.8. The van der Waals surface area contributed by atoms with Gasteiger partial charge in [-0.1, -0.05) is 54.6 Å². The van der Waals surface area contributed by atoms with Gasteiger partial charge in [-0.3, -0.25) is 9.80 Å². The van der Waals surface area contributed by atoms with Gasteiger partial charge in [-0.2, -0.15) is 0 Å². The lowest BCUT2D eigenvalue weighted by atomic mass is 9.92. The smallest absolute Gasteiger partial charge is 0.192 e. The number of nitrogens with zero attached hydrogens (tertiary/aromatic N) is 3. The highest BCUT2D eigenvalue weighted by atomic mass is 32.2. The number of hydrogen-bond acceptors (Lipinski definition) is 7. The molecule has 1 fully saturated rings. The Bertz CT molecular complexity index is 1570. The number of fused-ring (bicyclic) bond motifs is 3. The molecule has 1 aliphatic carbocycles. The molecular formula is C32H35N3O4S. The van der Waals surface area contributed by atoms with Gasteiger partial charge in [0.05, 0.1) is 11.6 Å². The maximum Gasteiger partial charge on any atom is 0.192 e. The molecule has 7 nitrogen and oxygen atoms in total. The van der Waals surface area contributed by atoms with E-state index in [9.17, 15) is 13.5 Å². The molecule has 0 amide bonds. The normalized spacial score (nSPS) is 17.6. The minimum Gasteiger partial charge on any atom is -0.490 e. The molecule has 0 spiro atoms. The van der Waals surface area contributed by atoms with Crippen molar-refractivity contribution in [1.29, 1.82) is 0 Å². The fourth-order valence-electron chi connectivity index (χ4n) is 6.07. The van der Waals surface area contributed by atoms with Gasteiger partial charge in [-0.15, -0.1) is 0 Å². The molecule has 8 heteroatoms. The Labute approximate surface area is 236 Å². The molecule has 0 saturated carbocycles. The Morgan fingerprint density at radius 1 is 0.875 bits per heavy atom. The number of sulfone groups is 1. The average Bonchev–Trinajstić information content (AvgIpc) is 3.13. The Kier molecular flexibility index (Phi) is 7.59. The summed E-state index contributed by atoms with van der Waals surface area (Å²) in [6.07, 6.45) is 2.64. The summed E-state index contributed by atoms with van der Waals surface area (Å²) in [5.74, 6) is 0.583. The number of rotatable bonds is 7. The van der Waals surface area contributed by atoms with E-state index < -0.39 is 15.9 Å². The number of piperazine rings is 1. The molecule has 40 heavy (non-hydrogen) atoms. The van der Waals surface area contributed by atoms with Crippen LogP contribution in [-0.4, -0.2) is 80.0 Å². The molecule has 3 aromatic carbocycles.